The molecule has 1 atom stereocenters. The summed E-state index contributed by atoms with van der Waals surface area (Å²) in [7, 11) is -4.17. The van der Waals surface area contributed by atoms with Gasteiger partial charge in [0.15, 0.2) is 0 Å². The summed E-state index contributed by atoms with van der Waals surface area (Å²) in [6, 6.07) is 20.0. The van der Waals surface area contributed by atoms with Crippen LogP contribution < -0.4 is 14.4 Å². The van der Waals surface area contributed by atoms with Crippen molar-refractivity contribution in [3.05, 3.63) is 89.5 Å². The maximum atomic E-state index is 14.0. The Bertz CT molecular complexity index is 1390. The number of anilines is 1. The molecule has 9 heteroatoms. The third kappa shape index (κ3) is 7.38. The zero-order valence-corrected chi connectivity index (χ0v) is 24.0. The van der Waals surface area contributed by atoms with Crippen molar-refractivity contribution < 1.29 is 22.7 Å². The molecule has 0 spiro atoms. The van der Waals surface area contributed by atoms with Crippen LogP contribution in [0.4, 0.5) is 5.69 Å². The Labute approximate surface area is 231 Å². The molecule has 0 bridgehead atoms. The molecule has 0 radical (unpaired) electrons. The van der Waals surface area contributed by atoms with E-state index in [9.17, 15) is 18.0 Å². The van der Waals surface area contributed by atoms with Crippen molar-refractivity contribution in [1.82, 2.24) is 10.2 Å². The SMILES string of the molecule is CCNC(=O)[C@@H](C)N(Cc1cccc(C)c1)C(=O)CN(c1ccccc1OCC)S(=O)(=O)c1ccc(C)cc1. The highest BCUT2D eigenvalue weighted by atomic mass is 32.2. The topological polar surface area (TPSA) is 96.0 Å². The maximum absolute atomic E-state index is 14.0. The normalized spacial score (nSPS) is 11.9. The number of likely N-dealkylation sites (N-methyl/N-ethyl adjacent to an activating group) is 1. The van der Waals surface area contributed by atoms with Crippen molar-refractivity contribution >= 4 is 27.5 Å². The largest absolute Gasteiger partial charge is 0.492 e. The van der Waals surface area contributed by atoms with Crippen LogP contribution in [0.15, 0.2) is 77.7 Å². The number of nitrogens with zero attached hydrogens (tertiary/aromatic N) is 2. The second-order valence-corrected chi connectivity index (χ2v) is 11.2. The fraction of sp³-hybridized carbons (Fsp3) is 0.333. The second-order valence-electron chi connectivity index (χ2n) is 9.31. The summed E-state index contributed by atoms with van der Waals surface area (Å²) >= 11 is 0. The van der Waals surface area contributed by atoms with Crippen LogP contribution in [-0.2, 0) is 26.2 Å². The molecular formula is C30H37N3O5S. The van der Waals surface area contributed by atoms with Gasteiger partial charge in [-0.1, -0.05) is 59.7 Å². The van der Waals surface area contributed by atoms with E-state index in [1.54, 1.807) is 57.2 Å². The molecular weight excluding hydrogens is 514 g/mol. The molecule has 208 valence electrons. The van der Waals surface area contributed by atoms with Crippen LogP contribution >= 0.6 is 0 Å². The van der Waals surface area contributed by atoms with Crippen molar-refractivity contribution in [3.8, 4) is 5.75 Å². The van der Waals surface area contributed by atoms with Crippen molar-refractivity contribution in [2.45, 2.75) is 52.1 Å². The number of ether oxygens (including phenoxy) is 1. The van der Waals surface area contributed by atoms with Crippen LogP contribution in [-0.4, -0.2) is 50.9 Å². The summed E-state index contributed by atoms with van der Waals surface area (Å²) in [6.07, 6.45) is 0. The number of benzene rings is 3. The molecule has 0 saturated heterocycles. The smallest absolute Gasteiger partial charge is 0.264 e. The van der Waals surface area contributed by atoms with Gasteiger partial charge in [-0.3, -0.25) is 13.9 Å². The molecule has 8 nitrogen and oxygen atoms in total. The summed E-state index contributed by atoms with van der Waals surface area (Å²) in [5.41, 5.74) is 3.00. The van der Waals surface area contributed by atoms with Gasteiger partial charge < -0.3 is 15.0 Å². The molecule has 0 aromatic heterocycles. The van der Waals surface area contributed by atoms with Crippen LogP contribution in [0.1, 0.15) is 37.5 Å². The molecule has 39 heavy (non-hydrogen) atoms. The van der Waals surface area contributed by atoms with Gasteiger partial charge in [0.2, 0.25) is 11.8 Å². The molecule has 2 amide bonds. The lowest BCUT2D eigenvalue weighted by Crippen LogP contribution is -2.51. The predicted molar refractivity (Wildman–Crippen MR) is 153 cm³/mol. The van der Waals surface area contributed by atoms with Crippen LogP contribution in [0.5, 0.6) is 5.75 Å². The standard InChI is InChI=1S/C30H37N3O5S/c1-6-31-30(35)24(5)32(20-25-12-10-11-23(4)19-25)29(34)21-33(27-13-8-9-14-28(27)38-7-2)39(36,37)26-17-15-22(3)16-18-26/h8-19,24H,6-7,20-21H2,1-5H3,(H,31,35)/t24-/m1/s1. The number of para-hydroxylation sites is 2. The molecule has 1 N–H and O–H groups in total. The average Bonchev–Trinajstić information content (AvgIpc) is 2.91. The molecule has 0 heterocycles. The molecule has 3 aromatic carbocycles. The van der Waals surface area contributed by atoms with E-state index in [-0.39, 0.29) is 23.0 Å². The van der Waals surface area contributed by atoms with E-state index in [1.807, 2.05) is 38.1 Å². The van der Waals surface area contributed by atoms with E-state index in [4.69, 9.17) is 4.74 Å². The molecule has 0 aliphatic carbocycles. The minimum absolute atomic E-state index is 0.0502. The van der Waals surface area contributed by atoms with Crippen LogP contribution in [0, 0.1) is 13.8 Å². The number of hydrogen-bond donors (Lipinski definition) is 1. The minimum Gasteiger partial charge on any atom is -0.492 e. The molecule has 0 fully saturated rings. The highest BCUT2D eigenvalue weighted by Gasteiger charge is 2.33. The van der Waals surface area contributed by atoms with Gasteiger partial charge in [0, 0.05) is 13.1 Å². The van der Waals surface area contributed by atoms with Crippen molar-refractivity contribution in [2.24, 2.45) is 0 Å². The van der Waals surface area contributed by atoms with E-state index in [2.05, 4.69) is 5.32 Å². The summed E-state index contributed by atoms with van der Waals surface area (Å²) in [4.78, 5) is 28.3. The molecule has 0 aliphatic rings. The number of hydrogen-bond acceptors (Lipinski definition) is 5. The quantitative estimate of drug-likeness (QED) is 0.359. The highest BCUT2D eigenvalue weighted by Crippen LogP contribution is 2.33. The van der Waals surface area contributed by atoms with Gasteiger partial charge in [-0.25, -0.2) is 8.42 Å². The van der Waals surface area contributed by atoms with Gasteiger partial charge >= 0.3 is 0 Å². The third-order valence-electron chi connectivity index (χ3n) is 6.28. The van der Waals surface area contributed by atoms with Gasteiger partial charge in [0.05, 0.1) is 17.2 Å². The number of carbonyl (C=O) groups is 2. The first-order valence-electron chi connectivity index (χ1n) is 13.0. The van der Waals surface area contributed by atoms with Gasteiger partial charge in [-0.2, -0.15) is 0 Å². The first kappa shape index (κ1) is 29.7. The third-order valence-corrected chi connectivity index (χ3v) is 8.05. The zero-order chi connectivity index (χ0) is 28.6. The summed E-state index contributed by atoms with van der Waals surface area (Å²) < 4.78 is 34.8. The first-order valence-corrected chi connectivity index (χ1v) is 14.5. The lowest BCUT2D eigenvalue weighted by Gasteiger charge is -2.32. The maximum Gasteiger partial charge on any atom is 0.264 e. The Hall–Kier alpha value is -3.85. The van der Waals surface area contributed by atoms with Gasteiger partial charge in [-0.05, 0) is 64.4 Å². The van der Waals surface area contributed by atoms with Crippen LogP contribution in [0.25, 0.3) is 0 Å². The van der Waals surface area contributed by atoms with E-state index in [0.29, 0.717) is 18.9 Å². The minimum atomic E-state index is -4.17. The van der Waals surface area contributed by atoms with Crippen LogP contribution in [0.2, 0.25) is 0 Å². The monoisotopic (exact) mass is 551 g/mol. The zero-order valence-electron chi connectivity index (χ0n) is 23.2. The Morgan fingerprint density at radius 3 is 2.26 bits per heavy atom. The van der Waals surface area contributed by atoms with Gasteiger partial charge in [0.25, 0.3) is 10.0 Å². The average molecular weight is 552 g/mol. The number of nitrogens with one attached hydrogen (secondary N) is 1. The number of rotatable bonds is 12. The van der Waals surface area contributed by atoms with Crippen molar-refractivity contribution in [2.75, 3.05) is 24.0 Å². The van der Waals surface area contributed by atoms with E-state index in [1.165, 1.54) is 17.0 Å². The molecule has 0 aliphatic heterocycles. The van der Waals surface area contributed by atoms with Gasteiger partial charge in [0.1, 0.15) is 18.3 Å². The van der Waals surface area contributed by atoms with Crippen LogP contribution in [0.3, 0.4) is 0 Å². The predicted octanol–water partition coefficient (Wildman–Crippen LogP) is 4.45. The Morgan fingerprint density at radius 2 is 1.62 bits per heavy atom. The number of aryl methyl sites for hydroxylation is 2. The Kier molecular flexibility index (Phi) is 10.1. The fourth-order valence-electron chi connectivity index (χ4n) is 4.20. The summed E-state index contributed by atoms with van der Waals surface area (Å²) in [5.74, 6) is -0.496. The first-order chi connectivity index (χ1) is 18.6. The van der Waals surface area contributed by atoms with Gasteiger partial charge in [-0.15, -0.1) is 0 Å². The molecule has 0 saturated carbocycles. The van der Waals surface area contributed by atoms with Crippen molar-refractivity contribution in [1.29, 1.82) is 0 Å². The van der Waals surface area contributed by atoms with E-state index in [0.717, 1.165) is 21.0 Å². The summed E-state index contributed by atoms with van der Waals surface area (Å²) in [5, 5.41) is 2.77. The lowest BCUT2D eigenvalue weighted by atomic mass is 10.1. The molecule has 0 unspecified atom stereocenters. The fourth-order valence-corrected chi connectivity index (χ4v) is 5.63. The molecule has 3 rings (SSSR count). The van der Waals surface area contributed by atoms with E-state index >= 15 is 0 Å². The second kappa shape index (κ2) is 13.3. The van der Waals surface area contributed by atoms with Crippen molar-refractivity contribution in [3.63, 3.8) is 0 Å². The number of sulfonamides is 1. The summed E-state index contributed by atoms with van der Waals surface area (Å²) in [6.45, 7) is 9.42. The number of carbonyl (C=O) groups excluding carboxylic acids is 2. The highest BCUT2D eigenvalue weighted by molar-refractivity contribution is 7.92. The Balaban J connectivity index is 2.08. The molecule has 3 aromatic rings. The Morgan fingerprint density at radius 1 is 0.923 bits per heavy atom. The van der Waals surface area contributed by atoms with E-state index < -0.39 is 28.5 Å². The lowest BCUT2D eigenvalue weighted by molar-refractivity contribution is -0.139. The number of amides is 2.